The van der Waals surface area contributed by atoms with Crippen molar-refractivity contribution in [3.8, 4) is 0 Å². The molecule has 18 heavy (non-hydrogen) atoms. The number of nitrogens with zero attached hydrogens (tertiary/aromatic N) is 2. The zero-order chi connectivity index (χ0) is 13.0. The minimum atomic E-state index is 0.589. The van der Waals surface area contributed by atoms with E-state index < -0.39 is 0 Å². The molecule has 0 bridgehead atoms. The standard InChI is InChI=1S/C13H17N3OS/c1-4-14-8-11-5-6-12(7-9(11)2)18-13-16-15-10(3)17-13/h5-7,14H,4,8H2,1-3H3. The van der Waals surface area contributed by atoms with Crippen LogP contribution < -0.4 is 5.32 Å². The first-order valence-corrected chi connectivity index (χ1v) is 6.79. The number of hydrogen-bond acceptors (Lipinski definition) is 5. The Morgan fingerprint density at radius 3 is 2.72 bits per heavy atom. The van der Waals surface area contributed by atoms with Crippen molar-refractivity contribution >= 4 is 11.8 Å². The first kappa shape index (κ1) is 13.1. The molecule has 0 aliphatic rings. The highest BCUT2D eigenvalue weighted by molar-refractivity contribution is 7.99. The summed E-state index contributed by atoms with van der Waals surface area (Å²) in [5.41, 5.74) is 2.60. The zero-order valence-corrected chi connectivity index (χ0v) is 11.7. The summed E-state index contributed by atoms with van der Waals surface area (Å²) in [6.07, 6.45) is 0. The predicted octanol–water partition coefficient (Wildman–Crippen LogP) is 2.95. The molecule has 0 amide bonds. The molecule has 5 heteroatoms. The van der Waals surface area contributed by atoms with E-state index in [-0.39, 0.29) is 0 Å². The van der Waals surface area contributed by atoms with Crippen LogP contribution in [-0.4, -0.2) is 16.7 Å². The molecule has 0 aliphatic heterocycles. The van der Waals surface area contributed by atoms with Gasteiger partial charge in [-0.15, -0.1) is 10.2 Å². The lowest BCUT2D eigenvalue weighted by Crippen LogP contribution is -2.12. The Bertz CT molecular complexity index is 525. The zero-order valence-electron chi connectivity index (χ0n) is 10.9. The molecule has 0 fully saturated rings. The average molecular weight is 263 g/mol. The number of hydrogen-bond donors (Lipinski definition) is 1. The normalized spacial score (nSPS) is 10.8. The van der Waals surface area contributed by atoms with Crippen LogP contribution in [0, 0.1) is 13.8 Å². The molecule has 0 aliphatic carbocycles. The van der Waals surface area contributed by atoms with E-state index in [2.05, 4.69) is 47.6 Å². The summed E-state index contributed by atoms with van der Waals surface area (Å²) < 4.78 is 5.35. The van der Waals surface area contributed by atoms with Crippen molar-refractivity contribution in [2.45, 2.75) is 37.4 Å². The summed E-state index contributed by atoms with van der Waals surface area (Å²) >= 11 is 1.49. The maximum absolute atomic E-state index is 5.35. The molecule has 4 nitrogen and oxygen atoms in total. The summed E-state index contributed by atoms with van der Waals surface area (Å²) in [6.45, 7) is 7.92. The van der Waals surface area contributed by atoms with Crippen LogP contribution in [0.4, 0.5) is 0 Å². The molecule has 1 N–H and O–H groups in total. The smallest absolute Gasteiger partial charge is 0.281 e. The molecule has 0 spiro atoms. The van der Waals surface area contributed by atoms with Crippen LogP contribution in [0.25, 0.3) is 0 Å². The lowest BCUT2D eigenvalue weighted by Gasteiger charge is -2.07. The van der Waals surface area contributed by atoms with Crippen molar-refractivity contribution in [2.24, 2.45) is 0 Å². The SMILES string of the molecule is CCNCc1ccc(Sc2nnc(C)o2)cc1C. The molecule has 96 valence electrons. The minimum absolute atomic E-state index is 0.589. The van der Waals surface area contributed by atoms with Crippen molar-refractivity contribution in [3.05, 3.63) is 35.2 Å². The number of nitrogens with one attached hydrogen (secondary N) is 1. The Morgan fingerprint density at radius 1 is 1.28 bits per heavy atom. The van der Waals surface area contributed by atoms with Gasteiger partial charge in [0, 0.05) is 18.4 Å². The Balaban J connectivity index is 2.08. The van der Waals surface area contributed by atoms with E-state index in [0.717, 1.165) is 18.0 Å². The van der Waals surface area contributed by atoms with Crippen molar-refractivity contribution in [1.29, 1.82) is 0 Å². The predicted molar refractivity (Wildman–Crippen MR) is 71.7 cm³/mol. The lowest BCUT2D eigenvalue weighted by atomic mass is 10.1. The molecular weight excluding hydrogens is 246 g/mol. The molecule has 1 aromatic heterocycles. The first-order valence-electron chi connectivity index (χ1n) is 5.97. The third-order valence-electron chi connectivity index (χ3n) is 2.59. The van der Waals surface area contributed by atoms with E-state index in [1.54, 1.807) is 6.92 Å². The minimum Gasteiger partial charge on any atom is -0.416 e. The largest absolute Gasteiger partial charge is 0.416 e. The third-order valence-corrected chi connectivity index (χ3v) is 3.42. The van der Waals surface area contributed by atoms with Gasteiger partial charge in [0.2, 0.25) is 5.89 Å². The Kier molecular flexibility index (Phi) is 4.38. The fourth-order valence-electron chi connectivity index (χ4n) is 1.61. The van der Waals surface area contributed by atoms with Gasteiger partial charge in [0.05, 0.1) is 0 Å². The summed E-state index contributed by atoms with van der Waals surface area (Å²) in [7, 11) is 0. The highest BCUT2D eigenvalue weighted by atomic mass is 32.2. The van der Waals surface area contributed by atoms with Crippen molar-refractivity contribution in [3.63, 3.8) is 0 Å². The van der Waals surface area contributed by atoms with Gasteiger partial charge in [0.15, 0.2) is 0 Å². The van der Waals surface area contributed by atoms with Gasteiger partial charge in [-0.3, -0.25) is 0 Å². The van der Waals surface area contributed by atoms with Crippen molar-refractivity contribution in [1.82, 2.24) is 15.5 Å². The highest BCUT2D eigenvalue weighted by Crippen LogP contribution is 2.27. The van der Waals surface area contributed by atoms with Crippen LogP contribution >= 0.6 is 11.8 Å². The van der Waals surface area contributed by atoms with E-state index in [9.17, 15) is 0 Å². The number of aryl methyl sites for hydroxylation is 2. The average Bonchev–Trinajstić information content (AvgIpc) is 2.74. The van der Waals surface area contributed by atoms with Gasteiger partial charge in [0.1, 0.15) is 0 Å². The summed E-state index contributed by atoms with van der Waals surface area (Å²) in [5, 5.41) is 11.7. The molecule has 0 unspecified atom stereocenters. The second-order valence-electron chi connectivity index (χ2n) is 4.06. The van der Waals surface area contributed by atoms with Crippen LogP contribution in [0.15, 0.2) is 32.7 Å². The van der Waals surface area contributed by atoms with Crippen LogP contribution in [0.1, 0.15) is 23.9 Å². The van der Waals surface area contributed by atoms with E-state index in [4.69, 9.17) is 4.42 Å². The maximum atomic E-state index is 5.35. The Labute approximate surface area is 111 Å². The summed E-state index contributed by atoms with van der Waals surface area (Å²) in [5.74, 6) is 0.595. The van der Waals surface area contributed by atoms with E-state index >= 15 is 0 Å². The fourth-order valence-corrected chi connectivity index (χ4v) is 2.43. The highest BCUT2D eigenvalue weighted by Gasteiger charge is 2.06. The van der Waals surface area contributed by atoms with Gasteiger partial charge in [0.25, 0.3) is 5.22 Å². The summed E-state index contributed by atoms with van der Waals surface area (Å²) in [4.78, 5) is 1.12. The molecule has 2 aromatic rings. The third kappa shape index (κ3) is 3.34. The number of aromatic nitrogens is 2. The molecule has 2 rings (SSSR count). The van der Waals surface area contributed by atoms with Crippen LogP contribution in [0.2, 0.25) is 0 Å². The lowest BCUT2D eigenvalue weighted by molar-refractivity contribution is 0.429. The molecule has 1 aromatic carbocycles. The summed E-state index contributed by atoms with van der Waals surface area (Å²) in [6, 6.07) is 6.38. The quantitative estimate of drug-likeness (QED) is 0.898. The van der Waals surface area contributed by atoms with Gasteiger partial charge in [-0.25, -0.2) is 0 Å². The van der Waals surface area contributed by atoms with Gasteiger partial charge in [-0.2, -0.15) is 0 Å². The monoisotopic (exact) mass is 263 g/mol. The second-order valence-corrected chi connectivity index (χ2v) is 5.08. The fraction of sp³-hybridized carbons (Fsp3) is 0.385. The Morgan fingerprint density at radius 2 is 2.11 bits per heavy atom. The number of benzene rings is 1. The van der Waals surface area contributed by atoms with Crippen molar-refractivity contribution in [2.75, 3.05) is 6.54 Å². The number of rotatable bonds is 5. The van der Waals surface area contributed by atoms with Crippen LogP contribution in [-0.2, 0) is 6.54 Å². The van der Waals surface area contributed by atoms with Gasteiger partial charge >= 0.3 is 0 Å². The Hall–Kier alpha value is -1.33. The molecule has 0 saturated heterocycles. The van der Waals surface area contributed by atoms with Gasteiger partial charge in [-0.1, -0.05) is 13.0 Å². The molecular formula is C13H17N3OS. The van der Waals surface area contributed by atoms with E-state index in [0.29, 0.717) is 11.1 Å². The molecule has 0 saturated carbocycles. The molecule has 0 radical (unpaired) electrons. The van der Waals surface area contributed by atoms with E-state index in [1.807, 2.05) is 0 Å². The maximum Gasteiger partial charge on any atom is 0.281 e. The molecule has 0 atom stereocenters. The van der Waals surface area contributed by atoms with Gasteiger partial charge in [-0.05, 0) is 48.5 Å². The molecule has 1 heterocycles. The first-order chi connectivity index (χ1) is 8.69. The van der Waals surface area contributed by atoms with Crippen LogP contribution in [0.5, 0.6) is 0 Å². The topological polar surface area (TPSA) is 51.0 Å². The second kappa shape index (κ2) is 6.02. The van der Waals surface area contributed by atoms with Crippen LogP contribution in [0.3, 0.4) is 0 Å². The van der Waals surface area contributed by atoms with Crippen molar-refractivity contribution < 1.29 is 4.42 Å². The van der Waals surface area contributed by atoms with Gasteiger partial charge < -0.3 is 9.73 Å². The van der Waals surface area contributed by atoms with E-state index in [1.165, 1.54) is 22.9 Å².